The Bertz CT molecular complexity index is 822. The van der Waals surface area contributed by atoms with Crippen molar-refractivity contribution in [1.82, 2.24) is 5.32 Å². The highest BCUT2D eigenvalue weighted by molar-refractivity contribution is 5.58. The monoisotopic (exact) mass is 364 g/mol. The zero-order valence-electron chi connectivity index (χ0n) is 16.3. The predicted octanol–water partition coefficient (Wildman–Crippen LogP) is 4.76. The molecule has 0 aromatic heterocycles. The van der Waals surface area contributed by atoms with E-state index in [1.54, 1.807) is 13.0 Å². The highest BCUT2D eigenvalue weighted by Crippen LogP contribution is 2.33. The minimum Gasteiger partial charge on any atom is -0.504 e. The van der Waals surface area contributed by atoms with Gasteiger partial charge in [-0.15, -0.1) is 12.3 Å². The van der Waals surface area contributed by atoms with Gasteiger partial charge in [0.2, 0.25) is 0 Å². The van der Waals surface area contributed by atoms with Gasteiger partial charge in [0.25, 0.3) is 0 Å². The van der Waals surface area contributed by atoms with E-state index in [0.717, 1.165) is 24.2 Å². The number of hydrogen-bond acceptors (Lipinski definition) is 4. The van der Waals surface area contributed by atoms with Crippen LogP contribution >= 0.6 is 0 Å². The van der Waals surface area contributed by atoms with Gasteiger partial charge in [-0.05, 0) is 62.1 Å². The van der Waals surface area contributed by atoms with Crippen molar-refractivity contribution < 1.29 is 9.84 Å². The number of ether oxygens (including phenoxy) is 1. The number of benzene rings is 2. The van der Waals surface area contributed by atoms with Crippen molar-refractivity contribution in [2.45, 2.75) is 39.9 Å². The van der Waals surface area contributed by atoms with Crippen LogP contribution in [0.5, 0.6) is 11.5 Å². The highest BCUT2D eigenvalue weighted by Gasteiger charge is 2.21. The molecule has 1 atom stereocenters. The zero-order valence-corrected chi connectivity index (χ0v) is 16.3. The topological polar surface area (TPSA) is 53.5 Å². The summed E-state index contributed by atoms with van der Waals surface area (Å²) < 4.78 is 5.49. The van der Waals surface area contributed by atoms with E-state index in [2.05, 4.69) is 53.3 Å². The number of terminal acetylenes is 1. The predicted molar refractivity (Wildman–Crippen MR) is 112 cm³/mol. The molecule has 4 heteroatoms. The van der Waals surface area contributed by atoms with Crippen LogP contribution in [0.3, 0.4) is 0 Å². The average Bonchev–Trinajstić information content (AvgIpc) is 2.68. The van der Waals surface area contributed by atoms with E-state index in [1.165, 1.54) is 11.1 Å². The summed E-state index contributed by atoms with van der Waals surface area (Å²) in [5.41, 5.74) is 4.85. The van der Waals surface area contributed by atoms with Crippen molar-refractivity contribution in [3.63, 3.8) is 0 Å². The molecule has 2 aromatic rings. The number of fused-ring (bicyclic) bond motifs is 1. The van der Waals surface area contributed by atoms with Crippen LogP contribution in [0.25, 0.3) is 0 Å². The Morgan fingerprint density at radius 3 is 2.81 bits per heavy atom. The van der Waals surface area contributed by atoms with Gasteiger partial charge in [0.05, 0.1) is 6.61 Å². The first kappa shape index (κ1) is 20.4. The second-order valence-electron chi connectivity index (χ2n) is 6.12. The fourth-order valence-electron chi connectivity index (χ4n) is 3.01. The maximum atomic E-state index is 9.87. The number of allylic oxidation sites excluding steroid dienone is 2. The van der Waals surface area contributed by atoms with Gasteiger partial charge in [-0.2, -0.15) is 0 Å². The van der Waals surface area contributed by atoms with Crippen LogP contribution in [0.1, 0.15) is 43.6 Å². The van der Waals surface area contributed by atoms with E-state index in [-0.39, 0.29) is 11.9 Å². The van der Waals surface area contributed by atoms with Crippen LogP contribution in [0.15, 0.2) is 48.6 Å². The minimum atomic E-state index is -0.00530. The van der Waals surface area contributed by atoms with Crippen molar-refractivity contribution >= 4 is 5.69 Å². The Labute approximate surface area is 162 Å². The Morgan fingerprint density at radius 1 is 1.33 bits per heavy atom. The third-order valence-electron chi connectivity index (χ3n) is 4.25. The molecule has 1 aliphatic rings. The molecule has 1 unspecified atom stereocenters. The fourth-order valence-corrected chi connectivity index (χ4v) is 3.01. The lowest BCUT2D eigenvalue weighted by Gasteiger charge is -2.30. The number of rotatable bonds is 5. The minimum absolute atomic E-state index is 0.00530. The lowest BCUT2D eigenvalue weighted by Crippen LogP contribution is -2.33. The molecule has 3 N–H and O–H groups in total. The zero-order chi connectivity index (χ0) is 19.6. The maximum Gasteiger partial charge on any atom is 0.161 e. The number of anilines is 1. The van der Waals surface area contributed by atoms with Gasteiger partial charge >= 0.3 is 0 Å². The van der Waals surface area contributed by atoms with Crippen molar-refractivity contribution in [1.29, 1.82) is 0 Å². The molecule has 0 aliphatic carbocycles. The standard InChI is InChI=1S/C20H24N2O2.C3H4/c1-3-5-7-14-8-6-9-17-16(14)13-21-20(22-17)15-10-11-18(23)19(12-15)24-4-2;1-3-2/h3,5-6,8-12,20-23H,4,7,13H2,1-2H3;1H,2H3/b5-3-;. The third kappa shape index (κ3) is 5.29. The number of phenolic OH excluding ortho intramolecular Hbond substituents is 1. The van der Waals surface area contributed by atoms with Crippen LogP contribution in [0.4, 0.5) is 5.69 Å². The maximum absolute atomic E-state index is 9.87. The summed E-state index contributed by atoms with van der Waals surface area (Å²) >= 11 is 0. The summed E-state index contributed by atoms with van der Waals surface area (Å²) in [5, 5.41) is 16.9. The summed E-state index contributed by atoms with van der Waals surface area (Å²) in [6.07, 6.45) is 9.80. The van der Waals surface area contributed by atoms with Crippen molar-refractivity contribution in [3.05, 3.63) is 65.2 Å². The quantitative estimate of drug-likeness (QED) is 0.529. The van der Waals surface area contributed by atoms with Crippen molar-refractivity contribution in [2.75, 3.05) is 11.9 Å². The van der Waals surface area contributed by atoms with Crippen LogP contribution in [0, 0.1) is 12.3 Å². The Hall–Kier alpha value is -2.90. The van der Waals surface area contributed by atoms with Gasteiger partial charge in [-0.25, -0.2) is 0 Å². The molecular weight excluding hydrogens is 336 g/mol. The molecule has 0 saturated heterocycles. The lowest BCUT2D eigenvalue weighted by atomic mass is 9.99. The molecule has 2 aromatic carbocycles. The molecule has 1 aliphatic heterocycles. The van der Waals surface area contributed by atoms with Gasteiger partial charge in [-0.1, -0.05) is 30.4 Å². The van der Waals surface area contributed by atoms with E-state index >= 15 is 0 Å². The molecule has 0 radical (unpaired) electrons. The molecule has 0 spiro atoms. The van der Waals surface area contributed by atoms with E-state index in [9.17, 15) is 5.11 Å². The van der Waals surface area contributed by atoms with E-state index in [4.69, 9.17) is 4.74 Å². The first-order valence-corrected chi connectivity index (χ1v) is 9.19. The molecule has 0 bridgehead atoms. The van der Waals surface area contributed by atoms with Gasteiger partial charge in [0, 0.05) is 12.2 Å². The van der Waals surface area contributed by atoms with Crippen molar-refractivity contribution in [2.24, 2.45) is 0 Å². The Balaban J connectivity index is 0.000000817. The van der Waals surface area contributed by atoms with E-state index < -0.39 is 0 Å². The van der Waals surface area contributed by atoms with Crippen LogP contribution in [-0.4, -0.2) is 11.7 Å². The van der Waals surface area contributed by atoms with E-state index in [1.807, 2.05) is 26.0 Å². The van der Waals surface area contributed by atoms with Crippen LogP contribution in [-0.2, 0) is 13.0 Å². The third-order valence-corrected chi connectivity index (χ3v) is 4.25. The molecule has 142 valence electrons. The summed E-state index contributed by atoms with van der Waals surface area (Å²) in [7, 11) is 0. The van der Waals surface area contributed by atoms with Crippen molar-refractivity contribution in [3.8, 4) is 23.8 Å². The summed E-state index contributed by atoms with van der Waals surface area (Å²) in [5.74, 6) is 2.94. The smallest absolute Gasteiger partial charge is 0.161 e. The second kappa shape index (κ2) is 10.3. The number of phenols is 1. The molecule has 4 nitrogen and oxygen atoms in total. The number of aromatic hydroxyl groups is 1. The van der Waals surface area contributed by atoms with Gasteiger partial charge in [0.1, 0.15) is 6.17 Å². The summed E-state index contributed by atoms with van der Waals surface area (Å²) in [6.45, 7) is 6.94. The van der Waals surface area contributed by atoms with Gasteiger partial charge < -0.3 is 15.2 Å². The second-order valence-corrected chi connectivity index (χ2v) is 6.12. The highest BCUT2D eigenvalue weighted by atomic mass is 16.5. The molecule has 3 rings (SSSR count). The van der Waals surface area contributed by atoms with E-state index in [0.29, 0.717) is 12.4 Å². The molecule has 0 amide bonds. The molecule has 0 saturated carbocycles. The lowest BCUT2D eigenvalue weighted by molar-refractivity contribution is 0.317. The Kier molecular flexibility index (Phi) is 7.79. The SMILES string of the molecule is C#CC.C/C=C\Cc1cccc2c1CNC(c1ccc(O)c(OCC)c1)N2. The Morgan fingerprint density at radius 2 is 2.11 bits per heavy atom. The average molecular weight is 364 g/mol. The van der Waals surface area contributed by atoms with Crippen LogP contribution < -0.4 is 15.4 Å². The summed E-state index contributed by atoms with van der Waals surface area (Å²) in [4.78, 5) is 0. The van der Waals surface area contributed by atoms with Gasteiger partial charge in [-0.3, -0.25) is 5.32 Å². The first-order valence-electron chi connectivity index (χ1n) is 9.19. The van der Waals surface area contributed by atoms with Gasteiger partial charge in [0.15, 0.2) is 11.5 Å². The number of hydrogen-bond donors (Lipinski definition) is 3. The molecular formula is C23H28N2O2. The summed E-state index contributed by atoms with van der Waals surface area (Å²) in [6, 6.07) is 11.9. The van der Waals surface area contributed by atoms with Crippen LogP contribution in [0.2, 0.25) is 0 Å². The molecule has 27 heavy (non-hydrogen) atoms. The first-order chi connectivity index (χ1) is 13.1. The largest absolute Gasteiger partial charge is 0.504 e. The fraction of sp³-hybridized carbons (Fsp3) is 0.304. The number of nitrogens with one attached hydrogen (secondary N) is 2. The normalized spacial score (nSPS) is 15.1. The molecule has 1 heterocycles. The molecule has 0 fully saturated rings.